The molecule has 3 aromatic rings. The van der Waals surface area contributed by atoms with E-state index < -0.39 is 12.7 Å². The van der Waals surface area contributed by atoms with Crippen molar-refractivity contribution in [3.63, 3.8) is 0 Å². The summed E-state index contributed by atoms with van der Waals surface area (Å²) < 4.78 is 37.5. The van der Waals surface area contributed by atoms with Crippen LogP contribution >= 0.6 is 15.9 Å². The zero-order valence-corrected chi connectivity index (χ0v) is 14.7. The average molecular weight is 415 g/mol. The molecule has 1 aromatic carbocycles. The normalized spacial score (nSPS) is 12.6. The van der Waals surface area contributed by atoms with Gasteiger partial charge in [-0.2, -0.15) is 13.5 Å². The predicted octanol–water partition coefficient (Wildman–Crippen LogP) is 3.11. The Kier molecular flexibility index (Phi) is 4.66. The highest BCUT2D eigenvalue weighted by atomic mass is 79.9. The Labute approximate surface area is 149 Å². The maximum Gasteiger partial charge on any atom is 0.334 e. The molecule has 0 bridgehead atoms. The molecule has 25 heavy (non-hydrogen) atoms. The van der Waals surface area contributed by atoms with Crippen LogP contribution in [0.25, 0.3) is 10.9 Å². The number of alkyl halides is 2. The van der Waals surface area contributed by atoms with Gasteiger partial charge in [0.1, 0.15) is 30.0 Å². The van der Waals surface area contributed by atoms with Crippen molar-refractivity contribution >= 4 is 32.7 Å². The van der Waals surface area contributed by atoms with Crippen LogP contribution in [0.1, 0.15) is 25.4 Å². The lowest BCUT2D eigenvalue weighted by atomic mass is 10.2. The lowest BCUT2D eigenvalue weighted by Gasteiger charge is -2.16. The summed E-state index contributed by atoms with van der Waals surface area (Å²) in [5.74, 6) is 1.11. The van der Waals surface area contributed by atoms with E-state index in [1.165, 1.54) is 13.4 Å². The molecule has 0 saturated carbocycles. The molecule has 3 rings (SSSR count). The van der Waals surface area contributed by atoms with Crippen LogP contribution in [0.2, 0.25) is 0 Å². The van der Waals surface area contributed by atoms with E-state index in [9.17, 15) is 8.78 Å². The molecule has 1 atom stereocenters. The van der Waals surface area contributed by atoms with Crippen LogP contribution in [0.15, 0.2) is 23.2 Å². The van der Waals surface area contributed by atoms with Crippen molar-refractivity contribution in [1.82, 2.24) is 24.7 Å². The van der Waals surface area contributed by atoms with Crippen LogP contribution in [0, 0.1) is 0 Å². The fraction of sp³-hybridized carbons (Fsp3) is 0.286. The second-order valence-electron chi connectivity index (χ2n) is 4.99. The molecule has 0 saturated heterocycles. The van der Waals surface area contributed by atoms with Gasteiger partial charge in [0, 0.05) is 6.07 Å². The minimum atomic E-state index is -2.77. The number of halogens is 3. The Balaban J connectivity index is 2.04. The van der Waals surface area contributed by atoms with Gasteiger partial charge in [0.25, 0.3) is 0 Å². The molecule has 0 spiro atoms. The molecule has 8 nitrogen and oxygen atoms in total. The van der Waals surface area contributed by atoms with Crippen LogP contribution in [-0.4, -0.2) is 31.8 Å². The number of nitrogens with two attached hydrogens (primary N) is 1. The van der Waals surface area contributed by atoms with Crippen molar-refractivity contribution in [2.45, 2.75) is 19.6 Å². The highest BCUT2D eigenvalue weighted by Crippen LogP contribution is 2.41. The van der Waals surface area contributed by atoms with Crippen molar-refractivity contribution < 1.29 is 18.3 Å². The van der Waals surface area contributed by atoms with Gasteiger partial charge in [-0.3, -0.25) is 0 Å². The number of aromatic nitrogens is 5. The summed E-state index contributed by atoms with van der Waals surface area (Å²) in [5, 5.41) is 4.16. The quantitative estimate of drug-likeness (QED) is 0.684. The zero-order chi connectivity index (χ0) is 18.1. The number of anilines is 1. The second-order valence-corrected chi connectivity index (χ2v) is 5.79. The van der Waals surface area contributed by atoms with Crippen molar-refractivity contribution in [2.75, 3.05) is 12.8 Å². The Hall–Kier alpha value is -2.56. The number of rotatable bonds is 5. The molecule has 0 fully saturated rings. The van der Waals surface area contributed by atoms with Gasteiger partial charge in [-0.15, -0.1) is 5.10 Å². The van der Waals surface area contributed by atoms with E-state index in [0.29, 0.717) is 31.6 Å². The summed E-state index contributed by atoms with van der Waals surface area (Å²) in [6.45, 7) is -1.14. The number of hydrogen-bond acceptors (Lipinski definition) is 7. The van der Waals surface area contributed by atoms with Crippen molar-refractivity contribution in [2.24, 2.45) is 0 Å². The lowest BCUT2D eigenvalue weighted by Crippen LogP contribution is -2.08. The largest absolute Gasteiger partial charge is 0.495 e. The number of nitrogen functional groups attached to an aromatic ring is 1. The standard InChI is InChI=1S/C14H13BrF2N6O2/c1-6(13-21-5-23(22-13)14(16)17)25-7-3-8(24-2)10(15)11-9(7)12(18)20-4-19-11/h3-6,14H,1-2H3,(H2,18,19,20)/t6-/m1/s1. The minimum absolute atomic E-state index is 0.103. The van der Waals surface area contributed by atoms with Crippen molar-refractivity contribution in [1.29, 1.82) is 0 Å². The Morgan fingerprint density at radius 1 is 1.24 bits per heavy atom. The molecule has 11 heteroatoms. The smallest absolute Gasteiger partial charge is 0.334 e. The minimum Gasteiger partial charge on any atom is -0.495 e. The summed E-state index contributed by atoms with van der Waals surface area (Å²) in [7, 11) is 1.50. The number of benzene rings is 1. The van der Waals surface area contributed by atoms with E-state index in [-0.39, 0.29) is 11.6 Å². The van der Waals surface area contributed by atoms with E-state index in [1.807, 2.05) is 0 Å². The lowest BCUT2D eigenvalue weighted by molar-refractivity contribution is 0.0550. The molecule has 2 N–H and O–H groups in total. The summed E-state index contributed by atoms with van der Waals surface area (Å²) >= 11 is 3.40. The van der Waals surface area contributed by atoms with Gasteiger partial charge in [-0.1, -0.05) is 0 Å². The van der Waals surface area contributed by atoms with Gasteiger partial charge in [0.05, 0.1) is 22.5 Å². The van der Waals surface area contributed by atoms with Crippen LogP contribution in [-0.2, 0) is 0 Å². The first-order valence-corrected chi connectivity index (χ1v) is 7.84. The number of nitrogens with zero attached hydrogens (tertiary/aromatic N) is 5. The Morgan fingerprint density at radius 3 is 2.64 bits per heavy atom. The molecule has 0 unspecified atom stereocenters. The first-order chi connectivity index (χ1) is 11.9. The summed E-state index contributed by atoms with van der Waals surface area (Å²) in [6, 6.07) is 1.60. The van der Waals surface area contributed by atoms with Gasteiger partial charge in [0.2, 0.25) is 0 Å². The number of ether oxygens (including phenoxy) is 2. The van der Waals surface area contributed by atoms with E-state index >= 15 is 0 Å². The maximum absolute atomic E-state index is 12.6. The number of methoxy groups -OCH3 is 1. The van der Waals surface area contributed by atoms with E-state index in [1.54, 1.807) is 13.0 Å². The molecule has 132 valence electrons. The fourth-order valence-electron chi connectivity index (χ4n) is 2.23. The predicted molar refractivity (Wildman–Crippen MR) is 88.5 cm³/mol. The summed E-state index contributed by atoms with van der Waals surface area (Å²) in [5.41, 5.74) is 6.45. The van der Waals surface area contributed by atoms with Crippen LogP contribution in [0.5, 0.6) is 11.5 Å². The second kappa shape index (κ2) is 6.75. The van der Waals surface area contributed by atoms with Gasteiger partial charge in [-0.05, 0) is 22.9 Å². The van der Waals surface area contributed by atoms with Gasteiger partial charge in [0.15, 0.2) is 11.9 Å². The van der Waals surface area contributed by atoms with Crippen LogP contribution in [0.4, 0.5) is 14.6 Å². The summed E-state index contributed by atoms with van der Waals surface area (Å²) in [6.07, 6.45) is 1.55. The molecular formula is C14H13BrF2N6O2. The molecule has 0 radical (unpaired) electrons. The number of hydrogen-bond donors (Lipinski definition) is 1. The molecule has 0 aliphatic carbocycles. The third kappa shape index (κ3) is 3.18. The molecule has 0 aliphatic rings. The first-order valence-electron chi connectivity index (χ1n) is 7.05. The third-order valence-corrected chi connectivity index (χ3v) is 4.19. The van der Waals surface area contributed by atoms with Crippen molar-refractivity contribution in [3.05, 3.63) is 29.0 Å². The average Bonchev–Trinajstić information content (AvgIpc) is 3.08. The summed E-state index contributed by atoms with van der Waals surface area (Å²) in [4.78, 5) is 12.0. The van der Waals surface area contributed by atoms with Gasteiger partial charge in [-0.25, -0.2) is 15.0 Å². The first kappa shape index (κ1) is 17.3. The third-order valence-electron chi connectivity index (χ3n) is 3.42. The molecule has 0 aliphatic heterocycles. The van der Waals surface area contributed by atoms with Gasteiger partial charge < -0.3 is 15.2 Å². The zero-order valence-electron chi connectivity index (χ0n) is 13.2. The van der Waals surface area contributed by atoms with Crippen molar-refractivity contribution in [3.8, 4) is 11.5 Å². The molecule has 2 heterocycles. The SMILES string of the molecule is COc1cc(O[C@H](C)c2ncn(C(F)F)n2)c2c(N)ncnc2c1Br. The van der Waals surface area contributed by atoms with Gasteiger partial charge >= 0.3 is 6.55 Å². The number of fused-ring (bicyclic) bond motifs is 1. The fourth-order valence-corrected chi connectivity index (χ4v) is 2.81. The van der Waals surface area contributed by atoms with E-state index in [2.05, 4.69) is 36.0 Å². The highest BCUT2D eigenvalue weighted by molar-refractivity contribution is 9.10. The maximum atomic E-state index is 12.6. The molecular weight excluding hydrogens is 402 g/mol. The monoisotopic (exact) mass is 414 g/mol. The topological polar surface area (TPSA) is 101 Å². The highest BCUT2D eigenvalue weighted by Gasteiger charge is 2.21. The van der Waals surface area contributed by atoms with Crippen LogP contribution < -0.4 is 15.2 Å². The molecule has 0 amide bonds. The van der Waals surface area contributed by atoms with Crippen LogP contribution in [0.3, 0.4) is 0 Å². The molecule has 2 aromatic heterocycles. The Bertz CT molecular complexity index is 920. The van der Waals surface area contributed by atoms with E-state index in [4.69, 9.17) is 15.2 Å². The van der Waals surface area contributed by atoms with E-state index in [0.717, 1.165) is 6.33 Å². The Morgan fingerprint density at radius 2 is 2.00 bits per heavy atom.